The zero-order valence-corrected chi connectivity index (χ0v) is 14.6. The molecule has 6 heteroatoms. The highest BCUT2D eigenvalue weighted by atomic mass is 16.5. The Bertz CT molecular complexity index is 802. The van der Waals surface area contributed by atoms with Gasteiger partial charge in [-0.1, -0.05) is 12.1 Å². The van der Waals surface area contributed by atoms with Crippen molar-refractivity contribution < 1.29 is 19.4 Å². The van der Waals surface area contributed by atoms with E-state index in [2.05, 4.69) is 10.6 Å². The number of anilines is 1. The van der Waals surface area contributed by atoms with Gasteiger partial charge in [0.15, 0.2) is 6.61 Å². The normalized spacial score (nSPS) is 15.7. The fraction of sp³-hybridized carbons (Fsp3) is 0.300. The molecule has 136 valence electrons. The second-order valence-electron chi connectivity index (χ2n) is 6.23. The molecule has 26 heavy (non-hydrogen) atoms. The molecule has 0 spiro atoms. The number of rotatable bonds is 5. The number of benzene rings is 2. The summed E-state index contributed by atoms with van der Waals surface area (Å²) >= 11 is 0. The van der Waals surface area contributed by atoms with E-state index < -0.39 is 6.10 Å². The number of aliphatic hydroxyl groups is 1. The number of carbonyl (C=O) groups excluding carboxylic acids is 2. The molecule has 0 saturated carbocycles. The number of aliphatic hydroxyl groups excluding tert-OH is 1. The Labute approximate surface area is 152 Å². The predicted molar refractivity (Wildman–Crippen MR) is 98.3 cm³/mol. The lowest BCUT2D eigenvalue weighted by Crippen LogP contribution is -2.21. The summed E-state index contributed by atoms with van der Waals surface area (Å²) in [6.45, 7) is -0.121. The molecule has 2 amide bonds. The highest BCUT2D eigenvalue weighted by Gasteiger charge is 2.21. The Morgan fingerprint density at radius 3 is 2.69 bits per heavy atom. The van der Waals surface area contributed by atoms with Crippen LogP contribution in [0.2, 0.25) is 0 Å². The Kier molecular flexibility index (Phi) is 5.53. The molecule has 2 aromatic carbocycles. The molecule has 0 aliphatic heterocycles. The lowest BCUT2D eigenvalue weighted by molar-refractivity contribution is -0.118. The van der Waals surface area contributed by atoms with Crippen molar-refractivity contribution in [3.05, 3.63) is 59.2 Å². The number of carbonyl (C=O) groups is 2. The topological polar surface area (TPSA) is 87.7 Å². The minimum Gasteiger partial charge on any atom is -0.483 e. The van der Waals surface area contributed by atoms with Crippen molar-refractivity contribution in [2.24, 2.45) is 0 Å². The van der Waals surface area contributed by atoms with Crippen molar-refractivity contribution in [1.29, 1.82) is 0 Å². The van der Waals surface area contributed by atoms with Gasteiger partial charge in [0.25, 0.3) is 11.8 Å². The highest BCUT2D eigenvalue weighted by molar-refractivity contribution is 5.95. The van der Waals surface area contributed by atoms with Gasteiger partial charge in [-0.25, -0.2) is 0 Å². The molecule has 6 nitrogen and oxygen atoms in total. The Hall–Kier alpha value is -2.86. The van der Waals surface area contributed by atoms with Gasteiger partial charge in [0.05, 0.1) is 6.10 Å². The molecule has 1 atom stereocenters. The molecule has 3 N–H and O–H groups in total. The number of hydrogen-bond acceptors (Lipinski definition) is 4. The number of fused-ring (bicyclic) bond motifs is 1. The van der Waals surface area contributed by atoms with Crippen molar-refractivity contribution in [3.63, 3.8) is 0 Å². The molecule has 0 bridgehead atoms. The molecule has 3 rings (SSSR count). The lowest BCUT2D eigenvalue weighted by Gasteiger charge is -2.23. The Morgan fingerprint density at radius 1 is 1.19 bits per heavy atom. The molecule has 0 heterocycles. The van der Waals surface area contributed by atoms with Gasteiger partial charge in [-0.15, -0.1) is 0 Å². The average molecular weight is 354 g/mol. The van der Waals surface area contributed by atoms with Crippen LogP contribution in [-0.4, -0.2) is 30.6 Å². The maximum atomic E-state index is 12.1. The van der Waals surface area contributed by atoms with Crippen LogP contribution in [0.3, 0.4) is 0 Å². The second kappa shape index (κ2) is 8.01. The van der Waals surface area contributed by atoms with E-state index in [1.165, 1.54) is 0 Å². The number of hydrogen-bond donors (Lipinski definition) is 3. The van der Waals surface area contributed by atoms with E-state index in [4.69, 9.17) is 4.74 Å². The first kappa shape index (κ1) is 17.9. The average Bonchev–Trinajstić information content (AvgIpc) is 2.67. The van der Waals surface area contributed by atoms with Gasteiger partial charge in [0.2, 0.25) is 0 Å². The first-order valence-corrected chi connectivity index (χ1v) is 8.63. The molecule has 0 radical (unpaired) electrons. The summed E-state index contributed by atoms with van der Waals surface area (Å²) in [5.74, 6) is 0.181. The monoisotopic (exact) mass is 354 g/mol. The standard InChI is InChI=1S/C20H22N2O4/c1-21-20(25)13-8-10-14(11-9-13)22-19(24)12-26-18-7-3-4-15-16(18)5-2-6-17(15)23/h3-4,7-11,17,23H,2,5-6,12H2,1H3,(H,21,25)(H,22,24)/t17-/m0/s1. The maximum absolute atomic E-state index is 12.1. The van der Waals surface area contributed by atoms with Crippen molar-refractivity contribution in [1.82, 2.24) is 5.32 Å². The van der Waals surface area contributed by atoms with E-state index in [0.29, 0.717) is 17.0 Å². The van der Waals surface area contributed by atoms with Gasteiger partial charge in [0.1, 0.15) is 5.75 Å². The van der Waals surface area contributed by atoms with Crippen molar-refractivity contribution in [2.45, 2.75) is 25.4 Å². The summed E-state index contributed by atoms with van der Waals surface area (Å²) in [7, 11) is 1.57. The summed E-state index contributed by atoms with van der Waals surface area (Å²) in [6.07, 6.45) is 2.03. The molecule has 0 fully saturated rings. The fourth-order valence-corrected chi connectivity index (χ4v) is 3.11. The smallest absolute Gasteiger partial charge is 0.262 e. The molecule has 0 saturated heterocycles. The summed E-state index contributed by atoms with van der Waals surface area (Å²) in [4.78, 5) is 23.6. The van der Waals surface area contributed by atoms with Gasteiger partial charge in [-0.05, 0) is 60.7 Å². The zero-order valence-electron chi connectivity index (χ0n) is 14.6. The zero-order chi connectivity index (χ0) is 18.5. The van der Waals surface area contributed by atoms with Crippen molar-refractivity contribution in [3.8, 4) is 5.75 Å². The Balaban J connectivity index is 1.60. The van der Waals surface area contributed by atoms with E-state index in [-0.39, 0.29) is 18.4 Å². The van der Waals surface area contributed by atoms with Crippen molar-refractivity contribution >= 4 is 17.5 Å². The van der Waals surface area contributed by atoms with Crippen LogP contribution in [0.5, 0.6) is 5.75 Å². The van der Waals surface area contributed by atoms with E-state index in [9.17, 15) is 14.7 Å². The van der Waals surface area contributed by atoms with Gasteiger partial charge >= 0.3 is 0 Å². The largest absolute Gasteiger partial charge is 0.483 e. The number of ether oxygens (including phenoxy) is 1. The van der Waals surface area contributed by atoms with E-state index in [1.54, 1.807) is 31.3 Å². The van der Waals surface area contributed by atoms with Crippen LogP contribution in [0.25, 0.3) is 0 Å². The number of amides is 2. The van der Waals surface area contributed by atoms with Crippen LogP contribution in [-0.2, 0) is 11.2 Å². The van der Waals surface area contributed by atoms with Crippen LogP contribution in [0.4, 0.5) is 5.69 Å². The first-order chi connectivity index (χ1) is 12.6. The van der Waals surface area contributed by atoms with Gasteiger partial charge in [0, 0.05) is 18.3 Å². The fourth-order valence-electron chi connectivity index (χ4n) is 3.11. The number of nitrogens with one attached hydrogen (secondary N) is 2. The molecule has 0 aromatic heterocycles. The van der Waals surface area contributed by atoms with E-state index in [1.807, 2.05) is 18.2 Å². The van der Waals surface area contributed by atoms with Crippen LogP contribution >= 0.6 is 0 Å². The van der Waals surface area contributed by atoms with E-state index >= 15 is 0 Å². The maximum Gasteiger partial charge on any atom is 0.262 e. The quantitative estimate of drug-likeness (QED) is 0.770. The van der Waals surface area contributed by atoms with Crippen molar-refractivity contribution in [2.75, 3.05) is 19.0 Å². The predicted octanol–water partition coefficient (Wildman–Crippen LogP) is 2.43. The van der Waals surface area contributed by atoms with Gasteiger partial charge < -0.3 is 20.5 Å². The van der Waals surface area contributed by atoms with Crippen LogP contribution in [0.15, 0.2) is 42.5 Å². The summed E-state index contributed by atoms with van der Waals surface area (Å²) in [5.41, 5.74) is 2.99. The van der Waals surface area contributed by atoms with Crippen LogP contribution in [0, 0.1) is 0 Å². The third kappa shape index (κ3) is 4.03. The third-order valence-corrected chi connectivity index (χ3v) is 4.45. The molecule has 2 aromatic rings. The SMILES string of the molecule is CNC(=O)c1ccc(NC(=O)COc2cccc3c2CCC[C@@H]3O)cc1. The molecule has 1 aliphatic rings. The molecule has 0 unspecified atom stereocenters. The molecule has 1 aliphatic carbocycles. The minimum atomic E-state index is -0.463. The molecular formula is C20H22N2O4. The second-order valence-corrected chi connectivity index (χ2v) is 6.23. The third-order valence-electron chi connectivity index (χ3n) is 4.45. The van der Waals surface area contributed by atoms with Crippen LogP contribution in [0.1, 0.15) is 40.4 Å². The summed E-state index contributed by atoms with van der Waals surface area (Å²) in [6, 6.07) is 12.2. The van der Waals surface area contributed by atoms with Gasteiger partial charge in [-0.3, -0.25) is 9.59 Å². The highest BCUT2D eigenvalue weighted by Crippen LogP contribution is 2.35. The van der Waals surface area contributed by atoms with E-state index in [0.717, 1.165) is 30.4 Å². The molecular weight excluding hydrogens is 332 g/mol. The lowest BCUT2D eigenvalue weighted by atomic mass is 9.89. The first-order valence-electron chi connectivity index (χ1n) is 8.63. The summed E-state index contributed by atoms with van der Waals surface area (Å²) in [5, 5.41) is 15.4. The minimum absolute atomic E-state index is 0.121. The van der Waals surface area contributed by atoms with Gasteiger partial charge in [-0.2, -0.15) is 0 Å². The summed E-state index contributed by atoms with van der Waals surface area (Å²) < 4.78 is 5.68. The Morgan fingerprint density at radius 2 is 1.96 bits per heavy atom. The van der Waals surface area contributed by atoms with Crippen LogP contribution < -0.4 is 15.4 Å².